The second-order valence-corrected chi connectivity index (χ2v) is 11.4. The lowest BCUT2D eigenvalue weighted by Gasteiger charge is -2.34. The van der Waals surface area contributed by atoms with Crippen molar-refractivity contribution in [2.75, 3.05) is 37.7 Å². The Morgan fingerprint density at radius 3 is 2.82 bits per heavy atom. The van der Waals surface area contributed by atoms with Crippen LogP contribution in [0.2, 0.25) is 0 Å². The van der Waals surface area contributed by atoms with Crippen molar-refractivity contribution in [1.82, 2.24) is 25.2 Å². The molecule has 4 saturated heterocycles. The molecule has 6 heterocycles. The van der Waals surface area contributed by atoms with Gasteiger partial charge in [-0.25, -0.2) is 8.78 Å². The van der Waals surface area contributed by atoms with E-state index in [1.54, 1.807) is 18.3 Å². The number of phenols is 1. The Hall–Kier alpha value is -3.11. The van der Waals surface area contributed by atoms with Gasteiger partial charge in [0.1, 0.15) is 35.6 Å². The molecule has 8 nitrogen and oxygen atoms in total. The van der Waals surface area contributed by atoms with Gasteiger partial charge in [0.05, 0.1) is 10.9 Å². The lowest BCUT2D eigenvalue weighted by molar-refractivity contribution is 0.107. The second kappa shape index (κ2) is 8.98. The summed E-state index contributed by atoms with van der Waals surface area (Å²) in [7, 11) is 0. The van der Waals surface area contributed by atoms with Crippen molar-refractivity contribution in [2.24, 2.45) is 0 Å². The highest BCUT2D eigenvalue weighted by molar-refractivity contribution is 5.92. The molecular formula is C28H32F2N6O2. The van der Waals surface area contributed by atoms with Crippen molar-refractivity contribution in [3.8, 4) is 23.0 Å². The zero-order chi connectivity index (χ0) is 26.0. The fraction of sp³-hybridized carbons (Fsp3) is 0.536. The molecule has 2 N–H and O–H groups in total. The minimum atomic E-state index is -0.861. The molecule has 2 aromatic heterocycles. The molecule has 10 heteroatoms. The Labute approximate surface area is 220 Å². The van der Waals surface area contributed by atoms with Crippen molar-refractivity contribution >= 4 is 16.7 Å². The van der Waals surface area contributed by atoms with Crippen LogP contribution in [0.1, 0.15) is 37.7 Å². The van der Waals surface area contributed by atoms with E-state index in [1.165, 1.54) is 6.07 Å². The van der Waals surface area contributed by atoms with Gasteiger partial charge in [-0.2, -0.15) is 9.97 Å². The molecule has 1 aromatic carbocycles. The molecule has 4 aliphatic rings. The van der Waals surface area contributed by atoms with Gasteiger partial charge in [0, 0.05) is 49.9 Å². The Bertz CT molecular complexity index is 1390. The van der Waals surface area contributed by atoms with Gasteiger partial charge in [-0.05, 0) is 56.8 Å². The minimum Gasteiger partial charge on any atom is -0.508 e. The number of aromatic hydroxyl groups is 1. The zero-order valence-electron chi connectivity index (χ0n) is 21.5. The second-order valence-electron chi connectivity index (χ2n) is 11.4. The summed E-state index contributed by atoms with van der Waals surface area (Å²) >= 11 is 0. The molecule has 4 fully saturated rings. The molecule has 4 aliphatic heterocycles. The van der Waals surface area contributed by atoms with Crippen LogP contribution in [0, 0.1) is 12.7 Å². The van der Waals surface area contributed by atoms with Crippen molar-refractivity contribution in [2.45, 2.75) is 62.8 Å². The Morgan fingerprint density at radius 1 is 1.18 bits per heavy atom. The normalized spacial score (nSPS) is 28.8. The standard InChI is InChI=1S/C28H32F2N6O2/c1-16-3-6-20(37)9-21(16)24-23(30)25-22(11-31-24)26(35-13-18-4-5-19(14-35)32-18)34-27(33-25)38-15-28-7-2-8-36(28)12-17(29)10-28/h3,6,9,11,17-19,32,37H,2,4-5,7-8,10,12-15H2,1H3/t17-,18?,19?,28?/m1/s1. The smallest absolute Gasteiger partial charge is 0.319 e. The van der Waals surface area contributed by atoms with Crippen LogP contribution in [-0.4, -0.2) is 81.5 Å². The third-order valence-electron chi connectivity index (χ3n) is 8.87. The molecule has 38 heavy (non-hydrogen) atoms. The number of piperazine rings is 1. The zero-order valence-corrected chi connectivity index (χ0v) is 21.5. The van der Waals surface area contributed by atoms with Crippen LogP contribution in [0.15, 0.2) is 24.4 Å². The highest BCUT2D eigenvalue weighted by Crippen LogP contribution is 2.41. The molecule has 2 bridgehead atoms. The van der Waals surface area contributed by atoms with Crippen molar-refractivity contribution in [3.63, 3.8) is 0 Å². The van der Waals surface area contributed by atoms with Crippen LogP contribution in [0.25, 0.3) is 22.2 Å². The number of anilines is 1. The number of nitrogens with one attached hydrogen (secondary N) is 1. The van der Waals surface area contributed by atoms with Crippen LogP contribution < -0.4 is 15.0 Å². The number of alkyl halides is 1. The molecule has 200 valence electrons. The average Bonchev–Trinajstić information content (AvgIpc) is 3.55. The number of phenolic OH excluding ortho intramolecular Hbond substituents is 1. The summed E-state index contributed by atoms with van der Waals surface area (Å²) in [5.74, 6) is 0.0800. The van der Waals surface area contributed by atoms with E-state index < -0.39 is 12.0 Å². The van der Waals surface area contributed by atoms with E-state index in [2.05, 4.69) is 25.1 Å². The number of halogens is 2. The fourth-order valence-electron chi connectivity index (χ4n) is 7.00. The molecule has 4 atom stereocenters. The van der Waals surface area contributed by atoms with E-state index in [0.29, 0.717) is 41.8 Å². The van der Waals surface area contributed by atoms with E-state index >= 15 is 4.39 Å². The van der Waals surface area contributed by atoms with Crippen LogP contribution in [-0.2, 0) is 0 Å². The molecule has 7 rings (SSSR count). The summed E-state index contributed by atoms with van der Waals surface area (Å²) < 4.78 is 36.7. The number of nitrogens with zero attached hydrogens (tertiary/aromatic N) is 5. The molecule has 3 unspecified atom stereocenters. The summed E-state index contributed by atoms with van der Waals surface area (Å²) in [6.45, 7) is 4.95. The van der Waals surface area contributed by atoms with E-state index in [0.717, 1.165) is 50.9 Å². The quantitative estimate of drug-likeness (QED) is 0.524. The largest absolute Gasteiger partial charge is 0.508 e. The summed E-state index contributed by atoms with van der Waals surface area (Å²) in [6, 6.07) is 5.65. The Kier molecular flexibility index (Phi) is 5.66. The maximum Gasteiger partial charge on any atom is 0.319 e. The van der Waals surface area contributed by atoms with E-state index in [4.69, 9.17) is 9.72 Å². The highest BCUT2D eigenvalue weighted by atomic mass is 19.1. The molecule has 0 aliphatic carbocycles. The van der Waals surface area contributed by atoms with Crippen LogP contribution in [0.4, 0.5) is 14.6 Å². The minimum absolute atomic E-state index is 0.0405. The van der Waals surface area contributed by atoms with Crippen LogP contribution in [0.5, 0.6) is 11.8 Å². The topological polar surface area (TPSA) is 86.6 Å². The third-order valence-corrected chi connectivity index (χ3v) is 8.87. The van der Waals surface area contributed by atoms with Crippen molar-refractivity contribution in [3.05, 3.63) is 35.8 Å². The third kappa shape index (κ3) is 3.96. The van der Waals surface area contributed by atoms with Gasteiger partial charge in [0.2, 0.25) is 0 Å². The number of aryl methyl sites for hydroxylation is 1. The number of aromatic nitrogens is 3. The van der Waals surface area contributed by atoms with Gasteiger partial charge < -0.3 is 20.1 Å². The average molecular weight is 523 g/mol. The highest BCUT2D eigenvalue weighted by Gasteiger charge is 2.49. The predicted octanol–water partition coefficient (Wildman–Crippen LogP) is 3.74. The van der Waals surface area contributed by atoms with E-state index in [1.807, 2.05) is 6.92 Å². The SMILES string of the molecule is Cc1ccc(O)cc1-c1ncc2c(N3CC4CCC(C3)N4)nc(OCC34CCCN3C[C@H](F)C4)nc2c1F. The van der Waals surface area contributed by atoms with Gasteiger partial charge in [-0.3, -0.25) is 9.88 Å². The predicted molar refractivity (Wildman–Crippen MR) is 140 cm³/mol. The number of benzene rings is 1. The summed E-state index contributed by atoms with van der Waals surface area (Å²) in [6.07, 6.45) is 5.29. The first-order valence-corrected chi connectivity index (χ1v) is 13.6. The number of hydrogen-bond acceptors (Lipinski definition) is 8. The molecule has 0 radical (unpaired) electrons. The number of ether oxygens (including phenoxy) is 1. The van der Waals surface area contributed by atoms with Gasteiger partial charge in [-0.15, -0.1) is 0 Å². The molecule has 3 aromatic rings. The van der Waals surface area contributed by atoms with Gasteiger partial charge >= 0.3 is 6.01 Å². The van der Waals surface area contributed by atoms with Gasteiger partial charge in [0.15, 0.2) is 5.82 Å². The fourth-order valence-corrected chi connectivity index (χ4v) is 7.00. The monoisotopic (exact) mass is 522 g/mol. The Balaban J connectivity index is 1.31. The van der Waals surface area contributed by atoms with Gasteiger partial charge in [-0.1, -0.05) is 6.07 Å². The number of hydrogen-bond donors (Lipinski definition) is 2. The maximum absolute atomic E-state index is 16.2. The first-order valence-electron chi connectivity index (χ1n) is 13.6. The first-order chi connectivity index (χ1) is 18.4. The van der Waals surface area contributed by atoms with E-state index in [9.17, 15) is 9.50 Å². The lowest BCUT2D eigenvalue weighted by Crippen LogP contribution is -2.51. The summed E-state index contributed by atoms with van der Waals surface area (Å²) in [5, 5.41) is 14.2. The summed E-state index contributed by atoms with van der Waals surface area (Å²) in [4.78, 5) is 18.2. The van der Waals surface area contributed by atoms with Crippen LogP contribution in [0.3, 0.4) is 0 Å². The van der Waals surface area contributed by atoms with Gasteiger partial charge in [0.25, 0.3) is 0 Å². The molecule has 0 saturated carbocycles. The molecule has 0 amide bonds. The van der Waals surface area contributed by atoms with Crippen LogP contribution >= 0.6 is 0 Å². The number of fused-ring (bicyclic) bond motifs is 4. The Morgan fingerprint density at radius 2 is 2.00 bits per heavy atom. The van der Waals surface area contributed by atoms with E-state index in [-0.39, 0.29) is 35.1 Å². The number of rotatable bonds is 5. The summed E-state index contributed by atoms with van der Waals surface area (Å²) in [5.41, 5.74) is 1.21. The first kappa shape index (κ1) is 24.0. The van der Waals surface area contributed by atoms with Crippen molar-refractivity contribution in [1.29, 1.82) is 0 Å². The number of pyridine rings is 1. The maximum atomic E-state index is 16.2. The van der Waals surface area contributed by atoms with Crippen molar-refractivity contribution < 1.29 is 18.6 Å². The lowest BCUT2D eigenvalue weighted by atomic mass is 9.95. The molecule has 0 spiro atoms. The molecular weight excluding hydrogens is 490 g/mol.